The number of hydrogen-bond donors (Lipinski definition) is 2. The Morgan fingerprint density at radius 3 is 2.25 bits per heavy atom. The van der Waals surface area contributed by atoms with E-state index in [1.54, 1.807) is 0 Å². The summed E-state index contributed by atoms with van der Waals surface area (Å²) in [7, 11) is 0. The van der Waals surface area contributed by atoms with Crippen molar-refractivity contribution in [2.75, 3.05) is 11.9 Å². The van der Waals surface area contributed by atoms with E-state index in [4.69, 9.17) is 5.11 Å². The van der Waals surface area contributed by atoms with E-state index in [0.717, 1.165) is 22.1 Å². The van der Waals surface area contributed by atoms with Crippen molar-refractivity contribution in [3.05, 3.63) is 64.1 Å². The van der Waals surface area contributed by atoms with Gasteiger partial charge < -0.3 is 10.4 Å². The molecule has 2 rings (SSSR count). The van der Waals surface area contributed by atoms with E-state index in [2.05, 4.69) is 76.7 Å². The molecule has 2 nitrogen and oxygen atoms in total. The zero-order valence-electron chi connectivity index (χ0n) is 11.6. The number of aliphatic hydroxyl groups is 1. The molecule has 2 N–H and O–H groups in total. The van der Waals surface area contributed by atoms with Gasteiger partial charge in [-0.05, 0) is 48.2 Å². The number of benzene rings is 2. The lowest BCUT2D eigenvalue weighted by Crippen LogP contribution is -2.09. The van der Waals surface area contributed by atoms with Crippen molar-refractivity contribution in [2.24, 2.45) is 0 Å². The SMILES string of the molecule is CCC(Nc1ccc(CCO)cc1)c1ccc(Br)cc1. The summed E-state index contributed by atoms with van der Waals surface area (Å²) in [4.78, 5) is 0. The summed E-state index contributed by atoms with van der Waals surface area (Å²) in [5.41, 5.74) is 3.56. The summed E-state index contributed by atoms with van der Waals surface area (Å²) in [6.07, 6.45) is 1.74. The summed E-state index contributed by atoms with van der Waals surface area (Å²) in [6, 6.07) is 17.0. The molecule has 1 unspecified atom stereocenters. The summed E-state index contributed by atoms with van der Waals surface area (Å²) >= 11 is 3.47. The fourth-order valence-electron chi connectivity index (χ4n) is 2.21. The predicted octanol–water partition coefficient (Wildman–Crippen LogP) is 4.55. The highest BCUT2D eigenvalue weighted by atomic mass is 79.9. The minimum absolute atomic E-state index is 0.198. The molecule has 0 bridgehead atoms. The van der Waals surface area contributed by atoms with Crippen LogP contribution in [0.25, 0.3) is 0 Å². The molecule has 106 valence electrons. The first-order valence-corrected chi connectivity index (χ1v) is 7.74. The topological polar surface area (TPSA) is 32.3 Å². The first-order valence-electron chi connectivity index (χ1n) is 6.94. The highest BCUT2D eigenvalue weighted by Gasteiger charge is 2.08. The maximum atomic E-state index is 8.92. The molecular formula is C17H20BrNO. The van der Waals surface area contributed by atoms with Gasteiger partial charge in [-0.1, -0.05) is 47.1 Å². The fourth-order valence-corrected chi connectivity index (χ4v) is 2.48. The average Bonchev–Trinajstić information content (AvgIpc) is 2.48. The number of hydrogen-bond acceptors (Lipinski definition) is 2. The zero-order chi connectivity index (χ0) is 14.4. The number of halogens is 1. The molecule has 0 aliphatic rings. The minimum Gasteiger partial charge on any atom is -0.396 e. The molecular weight excluding hydrogens is 314 g/mol. The van der Waals surface area contributed by atoms with Gasteiger partial charge >= 0.3 is 0 Å². The Morgan fingerprint density at radius 2 is 1.70 bits per heavy atom. The quantitative estimate of drug-likeness (QED) is 0.812. The smallest absolute Gasteiger partial charge is 0.0511 e. The van der Waals surface area contributed by atoms with Crippen LogP contribution in [0.5, 0.6) is 0 Å². The molecule has 0 aliphatic carbocycles. The third-order valence-electron chi connectivity index (χ3n) is 3.38. The largest absolute Gasteiger partial charge is 0.396 e. The third kappa shape index (κ3) is 4.09. The number of anilines is 1. The molecule has 2 aromatic carbocycles. The van der Waals surface area contributed by atoms with Gasteiger partial charge in [-0.15, -0.1) is 0 Å². The van der Waals surface area contributed by atoms with Gasteiger partial charge in [-0.25, -0.2) is 0 Å². The molecule has 20 heavy (non-hydrogen) atoms. The second-order valence-electron chi connectivity index (χ2n) is 4.83. The van der Waals surface area contributed by atoms with Crippen molar-refractivity contribution in [3.63, 3.8) is 0 Å². The lowest BCUT2D eigenvalue weighted by Gasteiger charge is -2.19. The maximum Gasteiger partial charge on any atom is 0.0511 e. The Labute approximate surface area is 129 Å². The Hall–Kier alpha value is -1.32. The molecule has 0 saturated carbocycles. The van der Waals surface area contributed by atoms with E-state index in [1.807, 2.05) is 0 Å². The highest BCUT2D eigenvalue weighted by Crippen LogP contribution is 2.24. The maximum absolute atomic E-state index is 8.92. The van der Waals surface area contributed by atoms with Crippen LogP contribution in [-0.2, 0) is 6.42 Å². The van der Waals surface area contributed by atoms with Crippen LogP contribution in [0.15, 0.2) is 53.0 Å². The second-order valence-corrected chi connectivity index (χ2v) is 5.74. The van der Waals surface area contributed by atoms with E-state index in [0.29, 0.717) is 12.5 Å². The van der Waals surface area contributed by atoms with Crippen LogP contribution < -0.4 is 5.32 Å². The van der Waals surface area contributed by atoms with Gasteiger partial charge in [-0.3, -0.25) is 0 Å². The van der Waals surface area contributed by atoms with E-state index >= 15 is 0 Å². The van der Waals surface area contributed by atoms with E-state index in [9.17, 15) is 0 Å². The molecule has 0 radical (unpaired) electrons. The Morgan fingerprint density at radius 1 is 1.05 bits per heavy atom. The molecule has 0 saturated heterocycles. The van der Waals surface area contributed by atoms with Crippen molar-refractivity contribution < 1.29 is 5.11 Å². The lowest BCUT2D eigenvalue weighted by atomic mass is 10.0. The molecule has 0 heterocycles. The Balaban J connectivity index is 2.07. The summed E-state index contributed by atoms with van der Waals surface area (Å²) in [5.74, 6) is 0. The van der Waals surface area contributed by atoms with Gasteiger partial charge in [0.2, 0.25) is 0 Å². The van der Waals surface area contributed by atoms with Crippen molar-refractivity contribution in [3.8, 4) is 0 Å². The number of aliphatic hydroxyl groups excluding tert-OH is 1. The molecule has 0 aromatic heterocycles. The second kappa shape index (κ2) is 7.46. The third-order valence-corrected chi connectivity index (χ3v) is 3.90. The first-order chi connectivity index (χ1) is 9.72. The molecule has 0 spiro atoms. The van der Waals surface area contributed by atoms with Gasteiger partial charge in [0.25, 0.3) is 0 Å². The molecule has 0 amide bonds. The molecule has 0 aliphatic heterocycles. The van der Waals surface area contributed by atoms with Crippen LogP contribution in [0.4, 0.5) is 5.69 Å². The van der Waals surface area contributed by atoms with Gasteiger partial charge in [-0.2, -0.15) is 0 Å². The highest BCUT2D eigenvalue weighted by molar-refractivity contribution is 9.10. The van der Waals surface area contributed by atoms with E-state index < -0.39 is 0 Å². The Bertz CT molecular complexity index is 522. The minimum atomic E-state index is 0.198. The lowest BCUT2D eigenvalue weighted by molar-refractivity contribution is 0.299. The standard InChI is InChI=1S/C17H20BrNO/c1-2-17(14-5-7-15(18)8-6-14)19-16-9-3-13(4-10-16)11-12-20/h3-10,17,19-20H,2,11-12H2,1H3. The molecule has 0 fully saturated rings. The fraction of sp³-hybridized carbons (Fsp3) is 0.294. The van der Waals surface area contributed by atoms with Crippen LogP contribution >= 0.6 is 15.9 Å². The molecule has 2 aromatic rings. The van der Waals surface area contributed by atoms with E-state index in [-0.39, 0.29) is 6.61 Å². The normalized spacial score (nSPS) is 12.2. The monoisotopic (exact) mass is 333 g/mol. The van der Waals surface area contributed by atoms with Crippen LogP contribution in [-0.4, -0.2) is 11.7 Å². The van der Waals surface area contributed by atoms with Crippen LogP contribution in [0, 0.1) is 0 Å². The Kier molecular flexibility index (Phi) is 5.62. The van der Waals surface area contributed by atoms with Crippen molar-refractivity contribution >= 4 is 21.6 Å². The van der Waals surface area contributed by atoms with Crippen molar-refractivity contribution in [1.82, 2.24) is 0 Å². The van der Waals surface area contributed by atoms with E-state index in [1.165, 1.54) is 5.56 Å². The van der Waals surface area contributed by atoms with Crippen LogP contribution in [0.2, 0.25) is 0 Å². The summed E-state index contributed by atoms with van der Waals surface area (Å²) in [5, 5.41) is 12.5. The summed E-state index contributed by atoms with van der Waals surface area (Å²) < 4.78 is 1.10. The van der Waals surface area contributed by atoms with Gasteiger partial charge in [0, 0.05) is 16.8 Å². The molecule has 3 heteroatoms. The first kappa shape index (κ1) is 15.1. The number of rotatable bonds is 6. The average molecular weight is 334 g/mol. The van der Waals surface area contributed by atoms with Crippen LogP contribution in [0.3, 0.4) is 0 Å². The van der Waals surface area contributed by atoms with Crippen molar-refractivity contribution in [2.45, 2.75) is 25.8 Å². The summed E-state index contributed by atoms with van der Waals surface area (Å²) in [6.45, 7) is 2.38. The number of nitrogens with one attached hydrogen (secondary N) is 1. The van der Waals surface area contributed by atoms with Crippen LogP contribution in [0.1, 0.15) is 30.5 Å². The van der Waals surface area contributed by atoms with Gasteiger partial charge in [0.15, 0.2) is 0 Å². The zero-order valence-corrected chi connectivity index (χ0v) is 13.2. The van der Waals surface area contributed by atoms with Crippen molar-refractivity contribution in [1.29, 1.82) is 0 Å². The van der Waals surface area contributed by atoms with Gasteiger partial charge in [0.1, 0.15) is 0 Å². The van der Waals surface area contributed by atoms with Gasteiger partial charge in [0.05, 0.1) is 6.04 Å². The predicted molar refractivity (Wildman–Crippen MR) is 88.0 cm³/mol. The molecule has 1 atom stereocenters.